The number of aromatic nitrogens is 1. The van der Waals surface area contributed by atoms with Crippen LogP contribution < -0.4 is 5.32 Å². The molecule has 0 atom stereocenters. The normalized spacial score (nSPS) is 10.8. The van der Waals surface area contributed by atoms with Crippen molar-refractivity contribution < 1.29 is 9.18 Å². The maximum Gasteiger partial charge on any atom is 0.253 e. The molecule has 1 heterocycles. The number of nitrogens with zero attached hydrogens (tertiary/aromatic N) is 1. The monoisotopic (exact) mass is 274 g/mol. The second-order valence-corrected chi connectivity index (χ2v) is 4.92. The summed E-state index contributed by atoms with van der Waals surface area (Å²) in [5.74, 6) is -0.432. The molecule has 0 aliphatic heterocycles. The molecular weight excluding hydrogens is 255 g/mol. The molecule has 106 valence electrons. The molecule has 20 heavy (non-hydrogen) atoms. The van der Waals surface area contributed by atoms with E-state index in [0.717, 1.165) is 24.6 Å². The van der Waals surface area contributed by atoms with Crippen molar-refractivity contribution in [2.24, 2.45) is 0 Å². The summed E-state index contributed by atoms with van der Waals surface area (Å²) in [6.45, 7) is 4.57. The van der Waals surface area contributed by atoms with Gasteiger partial charge in [-0.1, -0.05) is 19.8 Å². The van der Waals surface area contributed by atoms with Crippen molar-refractivity contribution in [3.63, 3.8) is 0 Å². The van der Waals surface area contributed by atoms with E-state index in [1.165, 1.54) is 12.1 Å². The van der Waals surface area contributed by atoms with Crippen molar-refractivity contribution in [1.82, 2.24) is 10.3 Å². The van der Waals surface area contributed by atoms with Crippen LogP contribution in [0.25, 0.3) is 10.9 Å². The first-order chi connectivity index (χ1) is 9.61. The molecular formula is C16H19FN2O. The minimum atomic E-state index is -0.318. The third-order valence-electron chi connectivity index (χ3n) is 3.28. The summed E-state index contributed by atoms with van der Waals surface area (Å²) in [4.78, 5) is 16.4. The molecule has 2 aromatic rings. The predicted octanol–water partition coefficient (Wildman–Crippen LogP) is 3.60. The van der Waals surface area contributed by atoms with Gasteiger partial charge in [-0.15, -0.1) is 0 Å². The number of hydrogen-bond acceptors (Lipinski definition) is 2. The number of nitrogens with one attached hydrogen (secondary N) is 1. The van der Waals surface area contributed by atoms with E-state index in [1.807, 2.05) is 0 Å². The highest BCUT2D eigenvalue weighted by atomic mass is 19.1. The van der Waals surface area contributed by atoms with Gasteiger partial charge in [0, 0.05) is 18.0 Å². The SMILES string of the molecule is CCCCCNC(=O)c1cc2ccc(F)cc2nc1C. The fraction of sp³-hybridized carbons (Fsp3) is 0.375. The summed E-state index contributed by atoms with van der Waals surface area (Å²) >= 11 is 0. The minimum absolute atomic E-state index is 0.114. The number of hydrogen-bond donors (Lipinski definition) is 1. The van der Waals surface area contributed by atoms with Gasteiger partial charge < -0.3 is 5.32 Å². The van der Waals surface area contributed by atoms with Crippen molar-refractivity contribution in [2.45, 2.75) is 33.1 Å². The molecule has 1 aromatic heterocycles. The van der Waals surface area contributed by atoms with Gasteiger partial charge in [0.05, 0.1) is 16.8 Å². The predicted molar refractivity (Wildman–Crippen MR) is 78.3 cm³/mol. The summed E-state index contributed by atoms with van der Waals surface area (Å²) in [5, 5.41) is 3.67. The standard InChI is InChI=1S/C16H19FN2O/c1-3-4-5-8-18-16(20)14-9-12-6-7-13(17)10-15(12)19-11(14)2/h6-7,9-10H,3-5,8H2,1-2H3,(H,18,20). The van der Waals surface area contributed by atoms with Crippen LogP contribution in [0.3, 0.4) is 0 Å². The average molecular weight is 274 g/mol. The third kappa shape index (κ3) is 3.32. The Bertz CT molecular complexity index is 625. The van der Waals surface area contributed by atoms with Crippen LogP contribution in [0.5, 0.6) is 0 Å². The highest BCUT2D eigenvalue weighted by Gasteiger charge is 2.11. The lowest BCUT2D eigenvalue weighted by molar-refractivity contribution is 0.0952. The highest BCUT2D eigenvalue weighted by molar-refractivity contribution is 5.98. The maximum absolute atomic E-state index is 13.1. The van der Waals surface area contributed by atoms with Crippen molar-refractivity contribution in [2.75, 3.05) is 6.54 Å². The molecule has 0 radical (unpaired) electrons. The zero-order valence-electron chi connectivity index (χ0n) is 11.9. The molecule has 1 aromatic carbocycles. The molecule has 0 spiro atoms. The Morgan fingerprint density at radius 1 is 1.30 bits per heavy atom. The van der Waals surface area contributed by atoms with Crippen LogP contribution in [0.4, 0.5) is 4.39 Å². The van der Waals surface area contributed by atoms with Crippen LogP contribution >= 0.6 is 0 Å². The Labute approximate surface area is 118 Å². The zero-order valence-corrected chi connectivity index (χ0v) is 11.9. The molecule has 0 saturated carbocycles. The Hall–Kier alpha value is -1.97. The molecule has 0 saturated heterocycles. The first-order valence-electron chi connectivity index (χ1n) is 6.97. The minimum Gasteiger partial charge on any atom is -0.352 e. The quantitative estimate of drug-likeness (QED) is 0.846. The first-order valence-corrected chi connectivity index (χ1v) is 6.97. The van der Waals surface area contributed by atoms with Gasteiger partial charge in [0.15, 0.2) is 0 Å². The lowest BCUT2D eigenvalue weighted by Crippen LogP contribution is -2.25. The Morgan fingerprint density at radius 2 is 2.10 bits per heavy atom. The number of unbranched alkanes of at least 4 members (excludes halogenated alkanes) is 2. The van der Waals surface area contributed by atoms with Gasteiger partial charge >= 0.3 is 0 Å². The zero-order chi connectivity index (χ0) is 14.5. The van der Waals surface area contributed by atoms with E-state index in [2.05, 4.69) is 17.2 Å². The van der Waals surface area contributed by atoms with E-state index in [0.29, 0.717) is 23.3 Å². The van der Waals surface area contributed by atoms with Gasteiger partial charge in [0.25, 0.3) is 5.91 Å². The van der Waals surface area contributed by atoms with E-state index >= 15 is 0 Å². The average Bonchev–Trinajstić information content (AvgIpc) is 2.42. The van der Waals surface area contributed by atoms with Gasteiger partial charge in [-0.2, -0.15) is 0 Å². The van der Waals surface area contributed by atoms with Crippen LogP contribution in [0.1, 0.15) is 42.2 Å². The number of halogens is 1. The van der Waals surface area contributed by atoms with Crippen LogP contribution in [-0.4, -0.2) is 17.4 Å². The van der Waals surface area contributed by atoms with Crippen molar-refractivity contribution in [3.05, 3.63) is 41.3 Å². The summed E-state index contributed by atoms with van der Waals surface area (Å²) in [5.41, 5.74) is 1.75. The second-order valence-electron chi connectivity index (χ2n) is 4.92. The Balaban J connectivity index is 2.19. The molecule has 1 N–H and O–H groups in total. The van der Waals surface area contributed by atoms with Crippen molar-refractivity contribution >= 4 is 16.8 Å². The first kappa shape index (κ1) is 14.4. The summed E-state index contributed by atoms with van der Waals surface area (Å²) in [6, 6.07) is 6.17. The summed E-state index contributed by atoms with van der Waals surface area (Å²) < 4.78 is 13.1. The summed E-state index contributed by atoms with van der Waals surface area (Å²) in [7, 11) is 0. The van der Waals surface area contributed by atoms with Crippen molar-refractivity contribution in [1.29, 1.82) is 0 Å². The lowest BCUT2D eigenvalue weighted by atomic mass is 10.1. The van der Waals surface area contributed by atoms with Gasteiger partial charge in [0.1, 0.15) is 5.82 Å². The van der Waals surface area contributed by atoms with Gasteiger partial charge in [-0.05, 0) is 31.5 Å². The molecule has 0 aliphatic rings. The molecule has 1 amide bonds. The molecule has 3 nitrogen and oxygen atoms in total. The number of benzene rings is 1. The van der Waals surface area contributed by atoms with Gasteiger partial charge in [-0.25, -0.2) is 4.39 Å². The molecule has 0 unspecified atom stereocenters. The fourth-order valence-electron chi connectivity index (χ4n) is 2.14. The third-order valence-corrected chi connectivity index (χ3v) is 3.28. The van der Waals surface area contributed by atoms with Crippen LogP contribution in [0.2, 0.25) is 0 Å². The van der Waals surface area contributed by atoms with Crippen molar-refractivity contribution in [3.8, 4) is 0 Å². The van der Waals surface area contributed by atoms with E-state index < -0.39 is 0 Å². The highest BCUT2D eigenvalue weighted by Crippen LogP contribution is 2.17. The molecule has 2 rings (SSSR count). The number of rotatable bonds is 5. The maximum atomic E-state index is 13.1. The van der Waals surface area contributed by atoms with E-state index in [4.69, 9.17) is 0 Å². The van der Waals surface area contributed by atoms with Gasteiger partial charge in [0.2, 0.25) is 0 Å². The number of carbonyl (C=O) groups is 1. The Morgan fingerprint density at radius 3 is 2.85 bits per heavy atom. The summed E-state index contributed by atoms with van der Waals surface area (Å²) in [6.07, 6.45) is 3.21. The lowest BCUT2D eigenvalue weighted by Gasteiger charge is -2.08. The van der Waals surface area contributed by atoms with E-state index in [1.54, 1.807) is 19.1 Å². The number of amides is 1. The smallest absolute Gasteiger partial charge is 0.253 e. The topological polar surface area (TPSA) is 42.0 Å². The van der Waals surface area contributed by atoms with E-state index in [9.17, 15) is 9.18 Å². The Kier molecular flexibility index (Phi) is 4.66. The largest absolute Gasteiger partial charge is 0.352 e. The van der Waals surface area contributed by atoms with Crippen LogP contribution in [-0.2, 0) is 0 Å². The van der Waals surface area contributed by atoms with Crippen LogP contribution in [0.15, 0.2) is 24.3 Å². The van der Waals surface area contributed by atoms with Gasteiger partial charge in [-0.3, -0.25) is 9.78 Å². The molecule has 4 heteroatoms. The van der Waals surface area contributed by atoms with E-state index in [-0.39, 0.29) is 11.7 Å². The number of aryl methyl sites for hydroxylation is 1. The molecule has 0 fully saturated rings. The molecule has 0 aliphatic carbocycles. The fourth-order valence-corrected chi connectivity index (χ4v) is 2.14. The molecule has 0 bridgehead atoms. The number of fused-ring (bicyclic) bond motifs is 1. The number of carbonyl (C=O) groups excluding carboxylic acids is 1. The van der Waals surface area contributed by atoms with Crippen LogP contribution in [0, 0.1) is 12.7 Å². The number of pyridine rings is 1. The second kappa shape index (κ2) is 6.46.